The summed E-state index contributed by atoms with van der Waals surface area (Å²) < 4.78 is 38.9. The van der Waals surface area contributed by atoms with E-state index in [1.54, 1.807) is 29.2 Å². The van der Waals surface area contributed by atoms with Crippen LogP contribution in [0, 0.1) is 0 Å². The SMILES string of the molecule is Cn1ccc(=O)c(NC(=O)N2c3nc(C(=O)NCC(F)(F)F)ccc3N3CC[C@H]2C3)c1. The first kappa shape index (κ1) is 20.7. The Morgan fingerprint density at radius 2 is 2.03 bits per heavy atom. The predicted molar refractivity (Wildman–Crippen MR) is 106 cm³/mol. The van der Waals surface area contributed by atoms with E-state index in [9.17, 15) is 27.6 Å². The van der Waals surface area contributed by atoms with Crippen molar-refractivity contribution in [2.75, 3.05) is 34.8 Å². The lowest BCUT2D eigenvalue weighted by atomic mass is 10.1. The number of amides is 3. The molecule has 2 aromatic heterocycles. The van der Waals surface area contributed by atoms with Crippen LogP contribution in [0.2, 0.25) is 0 Å². The molecule has 0 radical (unpaired) electrons. The highest BCUT2D eigenvalue weighted by atomic mass is 19.4. The van der Waals surface area contributed by atoms with Gasteiger partial charge in [0, 0.05) is 38.6 Å². The maximum Gasteiger partial charge on any atom is 0.405 e. The van der Waals surface area contributed by atoms with E-state index in [0.29, 0.717) is 25.2 Å². The molecule has 2 bridgehead atoms. The smallest absolute Gasteiger partial charge is 0.366 e. The number of nitrogens with zero attached hydrogens (tertiary/aromatic N) is 4. The zero-order valence-corrected chi connectivity index (χ0v) is 16.4. The van der Waals surface area contributed by atoms with Crippen molar-refractivity contribution in [2.45, 2.75) is 18.6 Å². The highest BCUT2D eigenvalue weighted by Gasteiger charge is 2.40. The predicted octanol–water partition coefficient (Wildman–Crippen LogP) is 1.70. The van der Waals surface area contributed by atoms with E-state index in [2.05, 4.69) is 10.3 Å². The van der Waals surface area contributed by atoms with Gasteiger partial charge in [-0.2, -0.15) is 13.2 Å². The van der Waals surface area contributed by atoms with Gasteiger partial charge in [0.05, 0.1) is 11.7 Å². The van der Waals surface area contributed by atoms with Gasteiger partial charge in [-0.1, -0.05) is 0 Å². The number of urea groups is 1. The number of anilines is 3. The first-order chi connectivity index (χ1) is 14.6. The number of carbonyl (C=O) groups excluding carboxylic acids is 2. The molecule has 31 heavy (non-hydrogen) atoms. The zero-order valence-electron chi connectivity index (χ0n) is 16.4. The minimum Gasteiger partial charge on any atom is -0.366 e. The minimum absolute atomic E-state index is 0.0797. The quantitative estimate of drug-likeness (QED) is 0.763. The van der Waals surface area contributed by atoms with Gasteiger partial charge in [-0.15, -0.1) is 0 Å². The van der Waals surface area contributed by atoms with Crippen molar-refractivity contribution in [2.24, 2.45) is 7.05 Å². The van der Waals surface area contributed by atoms with E-state index in [1.165, 1.54) is 23.2 Å². The number of aryl methyl sites for hydroxylation is 1. The van der Waals surface area contributed by atoms with Crippen LogP contribution in [0.4, 0.5) is 35.2 Å². The summed E-state index contributed by atoms with van der Waals surface area (Å²) in [6, 6.07) is 3.36. The summed E-state index contributed by atoms with van der Waals surface area (Å²) >= 11 is 0. The lowest BCUT2D eigenvalue weighted by Gasteiger charge is -2.35. The lowest BCUT2D eigenvalue weighted by molar-refractivity contribution is -0.123. The van der Waals surface area contributed by atoms with Crippen molar-refractivity contribution in [3.8, 4) is 0 Å². The molecule has 2 N–H and O–H groups in total. The van der Waals surface area contributed by atoms with Crippen molar-refractivity contribution in [3.63, 3.8) is 0 Å². The molecule has 1 saturated heterocycles. The Morgan fingerprint density at radius 3 is 2.77 bits per heavy atom. The summed E-state index contributed by atoms with van der Waals surface area (Å²) in [4.78, 5) is 44.9. The molecular formula is C19H19F3N6O3. The van der Waals surface area contributed by atoms with Crippen LogP contribution in [-0.4, -0.2) is 53.3 Å². The Hall–Kier alpha value is -3.57. The third-order valence-electron chi connectivity index (χ3n) is 5.15. The monoisotopic (exact) mass is 436 g/mol. The van der Waals surface area contributed by atoms with Gasteiger partial charge in [0.2, 0.25) is 5.43 Å². The Kier molecular flexibility index (Phi) is 5.07. The standard InChI is InChI=1S/C19H19F3N6O3/c1-26-6-5-15(29)13(9-26)25-18(31)28-11-4-7-27(8-11)14-3-2-12(24-16(14)28)17(30)23-10-19(20,21)22/h2-3,5-6,9,11H,4,7-8,10H2,1H3,(H,23,30)(H,25,31)/t11-/m0/s1. The van der Waals surface area contributed by atoms with Crippen LogP contribution >= 0.6 is 0 Å². The Morgan fingerprint density at radius 1 is 1.26 bits per heavy atom. The molecule has 9 nitrogen and oxygen atoms in total. The summed E-state index contributed by atoms with van der Waals surface area (Å²) in [5, 5.41) is 4.36. The molecule has 4 heterocycles. The summed E-state index contributed by atoms with van der Waals surface area (Å²) in [5.41, 5.74) is 0.0668. The third kappa shape index (κ3) is 4.18. The van der Waals surface area contributed by atoms with Gasteiger partial charge in [0.25, 0.3) is 5.91 Å². The molecule has 0 saturated carbocycles. The van der Waals surface area contributed by atoms with Crippen molar-refractivity contribution in [1.82, 2.24) is 14.9 Å². The fourth-order valence-corrected chi connectivity index (χ4v) is 3.72. The number of aromatic nitrogens is 2. The highest BCUT2D eigenvalue weighted by Crippen LogP contribution is 2.39. The fourth-order valence-electron chi connectivity index (χ4n) is 3.72. The Labute approximate surface area is 174 Å². The number of hydrogen-bond acceptors (Lipinski definition) is 5. The van der Waals surface area contributed by atoms with Gasteiger partial charge >= 0.3 is 12.2 Å². The second kappa shape index (κ2) is 7.60. The highest BCUT2D eigenvalue weighted by molar-refractivity contribution is 6.05. The summed E-state index contributed by atoms with van der Waals surface area (Å²) in [7, 11) is 1.70. The molecule has 164 valence electrons. The molecular weight excluding hydrogens is 417 g/mol. The second-order valence-electron chi connectivity index (χ2n) is 7.41. The second-order valence-corrected chi connectivity index (χ2v) is 7.41. The molecule has 0 aliphatic carbocycles. The topological polar surface area (TPSA) is 99.6 Å². The summed E-state index contributed by atoms with van der Waals surface area (Å²) in [6.07, 6.45) is -0.883. The third-order valence-corrected chi connectivity index (χ3v) is 5.15. The molecule has 2 aromatic rings. The molecule has 12 heteroatoms. The minimum atomic E-state index is -4.55. The number of fused-ring (bicyclic) bond motifs is 4. The zero-order chi connectivity index (χ0) is 22.3. The van der Waals surface area contributed by atoms with E-state index in [0.717, 1.165) is 0 Å². The molecule has 0 aromatic carbocycles. The van der Waals surface area contributed by atoms with E-state index in [4.69, 9.17) is 0 Å². The molecule has 1 fully saturated rings. The number of carbonyl (C=O) groups is 2. The largest absolute Gasteiger partial charge is 0.405 e. The Balaban J connectivity index is 1.64. The van der Waals surface area contributed by atoms with Gasteiger partial charge in [0.15, 0.2) is 5.82 Å². The van der Waals surface area contributed by atoms with Crippen molar-refractivity contribution >= 4 is 29.1 Å². The van der Waals surface area contributed by atoms with Crippen LogP contribution in [0.15, 0.2) is 35.4 Å². The first-order valence-corrected chi connectivity index (χ1v) is 9.50. The lowest BCUT2D eigenvalue weighted by Crippen LogP contribution is -2.49. The molecule has 2 aliphatic rings. The van der Waals surface area contributed by atoms with Crippen LogP contribution in [0.1, 0.15) is 16.9 Å². The molecule has 0 spiro atoms. The summed E-state index contributed by atoms with van der Waals surface area (Å²) in [6.45, 7) is -0.273. The van der Waals surface area contributed by atoms with Crippen LogP contribution in [-0.2, 0) is 7.05 Å². The van der Waals surface area contributed by atoms with E-state index in [-0.39, 0.29) is 28.7 Å². The number of hydrogen-bond donors (Lipinski definition) is 2. The number of nitrogens with one attached hydrogen (secondary N) is 2. The average Bonchev–Trinajstić information content (AvgIpc) is 3.12. The number of pyridine rings is 2. The van der Waals surface area contributed by atoms with Crippen molar-refractivity contribution in [1.29, 1.82) is 0 Å². The van der Waals surface area contributed by atoms with Gasteiger partial charge in [-0.3, -0.25) is 14.5 Å². The van der Waals surface area contributed by atoms with Gasteiger partial charge in [-0.25, -0.2) is 9.78 Å². The van der Waals surface area contributed by atoms with Gasteiger partial charge < -0.3 is 20.1 Å². The van der Waals surface area contributed by atoms with E-state index < -0.39 is 24.7 Å². The van der Waals surface area contributed by atoms with Crippen LogP contribution < -0.4 is 25.9 Å². The van der Waals surface area contributed by atoms with Crippen LogP contribution in [0.3, 0.4) is 0 Å². The maximum atomic E-state index is 13.1. The maximum absolute atomic E-state index is 13.1. The Bertz CT molecular complexity index is 1100. The average molecular weight is 436 g/mol. The molecule has 1 atom stereocenters. The van der Waals surface area contributed by atoms with Crippen molar-refractivity contribution in [3.05, 3.63) is 46.5 Å². The summed E-state index contributed by atoms with van der Waals surface area (Å²) in [5.74, 6) is -0.830. The number of halogens is 3. The fraction of sp³-hybridized carbons (Fsp3) is 0.368. The molecule has 4 rings (SSSR count). The van der Waals surface area contributed by atoms with E-state index in [1.807, 2.05) is 4.90 Å². The van der Waals surface area contributed by atoms with Gasteiger partial charge in [0.1, 0.15) is 17.9 Å². The van der Waals surface area contributed by atoms with Crippen LogP contribution in [0.5, 0.6) is 0 Å². The molecule has 3 amide bonds. The first-order valence-electron chi connectivity index (χ1n) is 9.50. The molecule has 0 unspecified atom stereocenters. The van der Waals surface area contributed by atoms with E-state index >= 15 is 0 Å². The van der Waals surface area contributed by atoms with Crippen molar-refractivity contribution < 1.29 is 22.8 Å². The number of rotatable bonds is 3. The van der Waals surface area contributed by atoms with Gasteiger partial charge in [-0.05, 0) is 18.6 Å². The normalized spacial score (nSPS) is 17.4. The molecule has 2 aliphatic heterocycles. The van der Waals surface area contributed by atoms with Crippen LogP contribution in [0.25, 0.3) is 0 Å². The number of alkyl halides is 3.